The number of unbranched alkanes of at least 4 members (excludes halogenated alkanes) is 1. The monoisotopic (exact) mass is 507 g/mol. The van der Waals surface area contributed by atoms with Crippen molar-refractivity contribution in [1.29, 1.82) is 0 Å². The highest BCUT2D eigenvalue weighted by atomic mass is 16.4. The van der Waals surface area contributed by atoms with Crippen LogP contribution in [-0.4, -0.2) is 64.6 Å². The number of hydrogen-bond donors (Lipinski definition) is 7. The van der Waals surface area contributed by atoms with Crippen LogP contribution in [0.1, 0.15) is 52.5 Å². The molecule has 4 unspecified atom stereocenters. The summed E-state index contributed by atoms with van der Waals surface area (Å²) >= 11 is 0. The fourth-order valence-electron chi connectivity index (χ4n) is 3.45. The highest BCUT2D eigenvalue weighted by Crippen LogP contribution is 2.12. The SMILES string of the molecule is CC(C)C(N)C(=O)NC(C(=O)NC(CCCCN)C(=O)NC(Cc1ccc(O)cc1)C(=O)O)C(C)C. The minimum atomic E-state index is -1.25. The number of nitrogens with one attached hydrogen (secondary N) is 3. The van der Waals surface area contributed by atoms with E-state index in [0.717, 1.165) is 0 Å². The van der Waals surface area contributed by atoms with Crippen molar-refractivity contribution in [3.8, 4) is 5.75 Å². The van der Waals surface area contributed by atoms with Gasteiger partial charge in [-0.1, -0.05) is 39.8 Å². The molecule has 9 N–H and O–H groups in total. The number of rotatable bonds is 15. The van der Waals surface area contributed by atoms with E-state index in [4.69, 9.17) is 11.5 Å². The van der Waals surface area contributed by atoms with E-state index in [1.54, 1.807) is 39.8 Å². The molecule has 4 atom stereocenters. The van der Waals surface area contributed by atoms with Gasteiger partial charge in [0, 0.05) is 6.42 Å². The predicted octanol–water partition coefficient (Wildman–Crippen LogP) is 0.242. The van der Waals surface area contributed by atoms with Crippen LogP contribution in [0.5, 0.6) is 5.75 Å². The molecule has 36 heavy (non-hydrogen) atoms. The Morgan fingerprint density at radius 3 is 1.92 bits per heavy atom. The summed E-state index contributed by atoms with van der Waals surface area (Å²) in [5, 5.41) is 26.9. The van der Waals surface area contributed by atoms with Crippen LogP contribution < -0.4 is 27.4 Å². The first-order valence-electron chi connectivity index (χ1n) is 12.2. The number of carbonyl (C=O) groups is 4. The lowest BCUT2D eigenvalue weighted by molar-refractivity contribution is -0.142. The molecule has 0 aliphatic rings. The third-order valence-electron chi connectivity index (χ3n) is 5.84. The number of nitrogens with two attached hydrogens (primary N) is 2. The van der Waals surface area contributed by atoms with Crippen LogP contribution in [0.15, 0.2) is 24.3 Å². The second kappa shape index (κ2) is 15.0. The third-order valence-corrected chi connectivity index (χ3v) is 5.84. The summed E-state index contributed by atoms with van der Waals surface area (Å²) in [5.74, 6) is -3.30. The van der Waals surface area contributed by atoms with E-state index >= 15 is 0 Å². The van der Waals surface area contributed by atoms with Gasteiger partial charge in [0.05, 0.1) is 6.04 Å². The summed E-state index contributed by atoms with van der Waals surface area (Å²) in [6.45, 7) is 7.51. The van der Waals surface area contributed by atoms with Crippen molar-refractivity contribution in [3.05, 3.63) is 29.8 Å². The molecular weight excluding hydrogens is 466 g/mol. The van der Waals surface area contributed by atoms with Crippen molar-refractivity contribution >= 4 is 23.7 Å². The van der Waals surface area contributed by atoms with Crippen LogP contribution in [0.3, 0.4) is 0 Å². The summed E-state index contributed by atoms with van der Waals surface area (Å²) < 4.78 is 0. The van der Waals surface area contributed by atoms with Gasteiger partial charge in [-0.05, 0) is 55.3 Å². The van der Waals surface area contributed by atoms with Gasteiger partial charge in [-0.2, -0.15) is 0 Å². The zero-order chi connectivity index (χ0) is 27.4. The van der Waals surface area contributed by atoms with Crippen LogP contribution in [0.25, 0.3) is 0 Å². The lowest BCUT2D eigenvalue weighted by atomic mass is 9.99. The molecule has 1 rings (SSSR count). The molecule has 0 heterocycles. The molecule has 0 radical (unpaired) electrons. The average molecular weight is 508 g/mol. The Kier molecular flexibility index (Phi) is 12.9. The summed E-state index contributed by atoms with van der Waals surface area (Å²) in [6, 6.07) is 1.99. The zero-order valence-electron chi connectivity index (χ0n) is 21.5. The number of aromatic hydroxyl groups is 1. The number of phenolic OH excluding ortho intramolecular Hbond substituents is 1. The molecule has 0 aliphatic carbocycles. The van der Waals surface area contributed by atoms with Gasteiger partial charge < -0.3 is 37.6 Å². The van der Waals surface area contributed by atoms with E-state index in [-0.39, 0.29) is 30.4 Å². The number of hydrogen-bond acceptors (Lipinski definition) is 7. The molecule has 0 saturated carbocycles. The summed E-state index contributed by atoms with van der Waals surface area (Å²) in [6.07, 6.45) is 1.37. The number of carboxylic acids is 1. The van der Waals surface area contributed by atoms with Gasteiger partial charge in [0.1, 0.15) is 23.9 Å². The van der Waals surface area contributed by atoms with Crippen molar-refractivity contribution < 1.29 is 29.4 Å². The Morgan fingerprint density at radius 2 is 1.42 bits per heavy atom. The first kappa shape index (κ1) is 30.9. The summed E-state index contributed by atoms with van der Waals surface area (Å²) in [5.41, 5.74) is 12.1. The van der Waals surface area contributed by atoms with E-state index < -0.39 is 47.9 Å². The second-order valence-corrected chi connectivity index (χ2v) is 9.62. The molecule has 3 amide bonds. The van der Waals surface area contributed by atoms with Crippen molar-refractivity contribution in [2.45, 2.75) is 77.5 Å². The number of carboxylic acid groups (broad SMARTS) is 1. The average Bonchev–Trinajstić information content (AvgIpc) is 2.81. The van der Waals surface area contributed by atoms with Crippen LogP contribution in [0.4, 0.5) is 0 Å². The lowest BCUT2D eigenvalue weighted by Gasteiger charge is -2.27. The fourth-order valence-corrected chi connectivity index (χ4v) is 3.45. The molecule has 0 aromatic heterocycles. The number of aliphatic carboxylic acids is 1. The highest BCUT2D eigenvalue weighted by Gasteiger charge is 2.32. The van der Waals surface area contributed by atoms with Gasteiger partial charge in [0.2, 0.25) is 17.7 Å². The molecule has 0 fully saturated rings. The molecule has 0 aliphatic heterocycles. The van der Waals surface area contributed by atoms with Gasteiger partial charge in [-0.3, -0.25) is 14.4 Å². The fraction of sp³-hybridized carbons (Fsp3) is 0.600. The highest BCUT2D eigenvalue weighted by molar-refractivity contribution is 5.94. The normalized spacial score (nSPS) is 14.6. The first-order valence-corrected chi connectivity index (χ1v) is 12.2. The Bertz CT molecular complexity index is 874. The van der Waals surface area contributed by atoms with Crippen LogP contribution in [-0.2, 0) is 25.6 Å². The maximum absolute atomic E-state index is 13.1. The van der Waals surface area contributed by atoms with Gasteiger partial charge >= 0.3 is 5.97 Å². The lowest BCUT2D eigenvalue weighted by Crippen LogP contribution is -2.59. The molecule has 1 aromatic carbocycles. The predicted molar refractivity (Wildman–Crippen MR) is 136 cm³/mol. The standard InChI is InChI=1S/C25H41N5O6/c1-14(2)20(27)23(33)30-21(15(3)4)24(34)28-18(7-5-6-12-26)22(32)29-19(25(35)36)13-16-8-10-17(31)11-9-16/h8-11,14-15,18-21,31H,5-7,12-13,26-27H2,1-4H3,(H,28,34)(H,29,32)(H,30,33)(H,35,36). The minimum Gasteiger partial charge on any atom is -0.508 e. The van der Waals surface area contributed by atoms with Crippen LogP contribution in [0.2, 0.25) is 0 Å². The third kappa shape index (κ3) is 10.2. The topological polar surface area (TPSA) is 197 Å². The summed E-state index contributed by atoms with van der Waals surface area (Å²) in [4.78, 5) is 50.4. The number of amides is 3. The largest absolute Gasteiger partial charge is 0.508 e. The van der Waals surface area contributed by atoms with Gasteiger partial charge in [0.25, 0.3) is 0 Å². The van der Waals surface area contributed by atoms with Crippen LogP contribution in [0, 0.1) is 11.8 Å². The van der Waals surface area contributed by atoms with Crippen molar-refractivity contribution in [2.24, 2.45) is 23.3 Å². The van der Waals surface area contributed by atoms with E-state index in [9.17, 15) is 29.4 Å². The molecule has 202 valence electrons. The molecular formula is C25H41N5O6. The molecule has 11 heteroatoms. The zero-order valence-corrected chi connectivity index (χ0v) is 21.5. The van der Waals surface area contributed by atoms with E-state index in [1.165, 1.54) is 12.1 Å². The molecule has 11 nitrogen and oxygen atoms in total. The van der Waals surface area contributed by atoms with Gasteiger partial charge in [0.15, 0.2) is 0 Å². The number of phenols is 1. The number of benzene rings is 1. The maximum atomic E-state index is 13.1. The molecule has 0 saturated heterocycles. The van der Waals surface area contributed by atoms with Gasteiger partial charge in [-0.15, -0.1) is 0 Å². The van der Waals surface area contributed by atoms with Crippen molar-refractivity contribution in [1.82, 2.24) is 16.0 Å². The Hall–Kier alpha value is -3.18. The second-order valence-electron chi connectivity index (χ2n) is 9.62. The quantitative estimate of drug-likeness (QED) is 0.164. The van der Waals surface area contributed by atoms with E-state index in [1.807, 2.05) is 0 Å². The smallest absolute Gasteiger partial charge is 0.326 e. The molecule has 1 aromatic rings. The van der Waals surface area contributed by atoms with Crippen molar-refractivity contribution in [2.75, 3.05) is 6.54 Å². The van der Waals surface area contributed by atoms with Crippen molar-refractivity contribution in [3.63, 3.8) is 0 Å². The molecule has 0 bridgehead atoms. The van der Waals surface area contributed by atoms with E-state index in [0.29, 0.717) is 24.9 Å². The maximum Gasteiger partial charge on any atom is 0.326 e. The summed E-state index contributed by atoms with van der Waals surface area (Å²) in [7, 11) is 0. The van der Waals surface area contributed by atoms with Gasteiger partial charge in [-0.25, -0.2) is 4.79 Å². The number of carbonyl (C=O) groups excluding carboxylic acids is 3. The van der Waals surface area contributed by atoms with E-state index in [2.05, 4.69) is 16.0 Å². The Labute approximate surface area is 212 Å². The van der Waals surface area contributed by atoms with Crippen LogP contribution >= 0.6 is 0 Å². The molecule has 0 spiro atoms. The minimum absolute atomic E-state index is 0.0113. The Balaban J connectivity index is 3.00. The Morgan fingerprint density at radius 1 is 0.833 bits per heavy atom. The first-order chi connectivity index (χ1) is 16.9.